The van der Waals surface area contributed by atoms with Crippen molar-refractivity contribution in [2.24, 2.45) is 0 Å². The van der Waals surface area contributed by atoms with Crippen LogP contribution in [0, 0.1) is 0 Å². The molecule has 0 radical (unpaired) electrons. The first-order valence-electron chi connectivity index (χ1n) is 9.32. The van der Waals surface area contributed by atoms with Crippen LogP contribution >= 0.6 is 0 Å². The van der Waals surface area contributed by atoms with Crippen LogP contribution in [-0.4, -0.2) is 24.0 Å². The third-order valence-electron chi connectivity index (χ3n) is 4.16. The lowest BCUT2D eigenvalue weighted by atomic mass is 10.2. The van der Waals surface area contributed by atoms with Gasteiger partial charge < -0.3 is 20.1 Å². The Balaban J connectivity index is 1.54. The van der Waals surface area contributed by atoms with Crippen LogP contribution in [0.3, 0.4) is 0 Å². The summed E-state index contributed by atoms with van der Waals surface area (Å²) in [4.78, 5) is 27.5. The number of alkyl halides is 3. The molecule has 32 heavy (non-hydrogen) atoms. The second kappa shape index (κ2) is 9.82. The number of hydrogen-bond donors (Lipinski definition) is 2. The van der Waals surface area contributed by atoms with Gasteiger partial charge in [0.25, 0.3) is 5.91 Å². The van der Waals surface area contributed by atoms with E-state index in [9.17, 15) is 22.8 Å². The number of carbonyl (C=O) groups excluding carboxylic acids is 2. The molecule has 2 amide bonds. The topological polar surface area (TPSA) is 89.6 Å². The van der Waals surface area contributed by atoms with Gasteiger partial charge in [-0.15, -0.1) is 0 Å². The Kier molecular flexibility index (Phi) is 6.93. The molecular weight excluding hydrogens is 427 g/mol. The van der Waals surface area contributed by atoms with Crippen molar-refractivity contribution in [3.63, 3.8) is 0 Å². The lowest BCUT2D eigenvalue weighted by Gasteiger charge is -2.10. The van der Waals surface area contributed by atoms with Crippen LogP contribution in [0.25, 0.3) is 0 Å². The number of carbonyl (C=O) groups is 2. The van der Waals surface area contributed by atoms with Crippen molar-refractivity contribution in [3.05, 3.63) is 83.7 Å². The molecule has 1 aromatic heterocycles. The number of pyridine rings is 1. The van der Waals surface area contributed by atoms with Crippen molar-refractivity contribution in [1.82, 2.24) is 15.6 Å². The van der Waals surface area contributed by atoms with E-state index in [0.717, 1.165) is 18.2 Å². The molecule has 0 unspecified atom stereocenters. The van der Waals surface area contributed by atoms with Crippen molar-refractivity contribution in [2.75, 3.05) is 7.05 Å². The monoisotopic (exact) mass is 445 g/mol. The largest absolute Gasteiger partial charge is 0.457 e. The van der Waals surface area contributed by atoms with Gasteiger partial charge in [0.05, 0.1) is 5.56 Å². The summed E-state index contributed by atoms with van der Waals surface area (Å²) in [6, 6.07) is 13.9. The zero-order valence-electron chi connectivity index (χ0n) is 16.8. The summed E-state index contributed by atoms with van der Waals surface area (Å²) in [6.07, 6.45) is -3.96. The van der Waals surface area contributed by atoms with E-state index in [1.807, 2.05) is 0 Å². The Bertz CT molecular complexity index is 1100. The SMILES string of the molecule is CNC(=O)c1cc(Oc2ccc(CNC(=O)Oc3cccc(C(F)(F)F)c3)cc2)ccn1. The van der Waals surface area contributed by atoms with Gasteiger partial charge in [0.15, 0.2) is 0 Å². The highest BCUT2D eigenvalue weighted by atomic mass is 19.4. The molecule has 0 aliphatic rings. The van der Waals surface area contributed by atoms with Crippen LogP contribution in [0.2, 0.25) is 0 Å². The number of amides is 2. The van der Waals surface area contributed by atoms with E-state index in [1.54, 1.807) is 30.3 Å². The van der Waals surface area contributed by atoms with Gasteiger partial charge in [-0.25, -0.2) is 4.79 Å². The molecular formula is C22H18F3N3O4. The molecule has 0 aliphatic carbocycles. The third kappa shape index (κ3) is 6.21. The highest BCUT2D eigenvalue weighted by Gasteiger charge is 2.30. The van der Waals surface area contributed by atoms with Crippen LogP contribution < -0.4 is 20.1 Å². The number of halogens is 3. The highest BCUT2D eigenvalue weighted by Crippen LogP contribution is 2.31. The number of ether oxygens (including phenoxy) is 2. The molecule has 2 aromatic carbocycles. The van der Waals surface area contributed by atoms with Gasteiger partial charge in [-0.05, 0) is 42.0 Å². The average Bonchev–Trinajstić information content (AvgIpc) is 2.78. The van der Waals surface area contributed by atoms with Gasteiger partial charge in [-0.3, -0.25) is 9.78 Å². The number of nitrogens with zero attached hydrogens (tertiary/aromatic N) is 1. The second-order valence-electron chi connectivity index (χ2n) is 6.47. The van der Waals surface area contributed by atoms with E-state index in [4.69, 9.17) is 9.47 Å². The van der Waals surface area contributed by atoms with Gasteiger partial charge in [0.2, 0.25) is 0 Å². The van der Waals surface area contributed by atoms with Crippen LogP contribution in [0.4, 0.5) is 18.0 Å². The van der Waals surface area contributed by atoms with Crippen LogP contribution in [0.5, 0.6) is 17.2 Å². The van der Waals surface area contributed by atoms with Crippen LogP contribution in [0.1, 0.15) is 21.6 Å². The number of nitrogens with one attached hydrogen (secondary N) is 2. The van der Waals surface area contributed by atoms with E-state index < -0.39 is 17.8 Å². The van der Waals surface area contributed by atoms with E-state index in [-0.39, 0.29) is 23.9 Å². The van der Waals surface area contributed by atoms with Crippen LogP contribution in [0.15, 0.2) is 66.9 Å². The minimum atomic E-state index is -4.53. The quantitative estimate of drug-likeness (QED) is 0.582. The van der Waals surface area contributed by atoms with E-state index in [1.165, 1.54) is 25.4 Å². The summed E-state index contributed by atoms with van der Waals surface area (Å²) in [5, 5.41) is 4.94. The first-order valence-corrected chi connectivity index (χ1v) is 9.32. The minimum absolute atomic E-state index is 0.0914. The summed E-state index contributed by atoms with van der Waals surface area (Å²) in [5.41, 5.74) is 0.0132. The number of hydrogen-bond acceptors (Lipinski definition) is 5. The van der Waals surface area contributed by atoms with Gasteiger partial charge in [0.1, 0.15) is 22.9 Å². The number of aromatic nitrogens is 1. The number of rotatable bonds is 6. The van der Waals surface area contributed by atoms with Crippen molar-refractivity contribution >= 4 is 12.0 Å². The fourth-order valence-electron chi connectivity index (χ4n) is 2.59. The molecule has 0 saturated heterocycles. The van der Waals surface area contributed by atoms with Gasteiger partial charge >= 0.3 is 12.3 Å². The molecule has 0 atom stereocenters. The molecule has 0 bridgehead atoms. The van der Waals surface area contributed by atoms with Crippen molar-refractivity contribution in [1.29, 1.82) is 0 Å². The standard InChI is InChI=1S/C22H18F3N3O4/c1-26-20(29)19-12-18(9-10-27-19)31-16-7-5-14(6-8-16)13-28-21(30)32-17-4-2-3-15(11-17)22(23,24)25/h2-12H,13H2,1H3,(H,26,29)(H,28,30). The Morgan fingerprint density at radius 2 is 1.72 bits per heavy atom. The zero-order valence-corrected chi connectivity index (χ0v) is 16.8. The predicted molar refractivity (Wildman–Crippen MR) is 108 cm³/mol. The Morgan fingerprint density at radius 1 is 0.969 bits per heavy atom. The maximum Gasteiger partial charge on any atom is 0.416 e. The normalized spacial score (nSPS) is 10.9. The summed E-state index contributed by atoms with van der Waals surface area (Å²) in [6.45, 7) is 0.0914. The number of benzene rings is 2. The van der Waals surface area contributed by atoms with E-state index in [0.29, 0.717) is 17.1 Å². The molecule has 10 heteroatoms. The molecule has 0 aliphatic heterocycles. The molecule has 1 heterocycles. The summed E-state index contributed by atoms with van der Waals surface area (Å²) >= 11 is 0. The smallest absolute Gasteiger partial charge is 0.416 e. The molecule has 7 nitrogen and oxygen atoms in total. The third-order valence-corrected chi connectivity index (χ3v) is 4.16. The van der Waals surface area contributed by atoms with Gasteiger partial charge in [0, 0.05) is 25.9 Å². The Labute approximate surface area is 181 Å². The molecule has 3 rings (SSSR count). The first-order chi connectivity index (χ1) is 15.2. The molecule has 0 fully saturated rings. The maximum absolute atomic E-state index is 12.7. The van der Waals surface area contributed by atoms with E-state index in [2.05, 4.69) is 15.6 Å². The van der Waals surface area contributed by atoms with Gasteiger partial charge in [-0.2, -0.15) is 13.2 Å². The molecule has 2 N–H and O–H groups in total. The second-order valence-corrected chi connectivity index (χ2v) is 6.47. The van der Waals surface area contributed by atoms with E-state index >= 15 is 0 Å². The fourth-order valence-corrected chi connectivity index (χ4v) is 2.59. The molecule has 0 spiro atoms. The predicted octanol–water partition coefficient (Wildman–Crippen LogP) is 4.54. The van der Waals surface area contributed by atoms with Crippen LogP contribution in [-0.2, 0) is 12.7 Å². The molecule has 3 aromatic rings. The van der Waals surface area contributed by atoms with Gasteiger partial charge in [-0.1, -0.05) is 18.2 Å². The molecule has 166 valence electrons. The average molecular weight is 445 g/mol. The minimum Gasteiger partial charge on any atom is -0.457 e. The Hall–Kier alpha value is -4.08. The zero-order chi connectivity index (χ0) is 23.1. The lowest BCUT2D eigenvalue weighted by molar-refractivity contribution is -0.137. The summed E-state index contributed by atoms with van der Waals surface area (Å²) < 4.78 is 48.8. The Morgan fingerprint density at radius 3 is 2.41 bits per heavy atom. The summed E-state index contributed by atoms with van der Waals surface area (Å²) in [5.74, 6) is 0.368. The highest BCUT2D eigenvalue weighted by molar-refractivity contribution is 5.92. The molecule has 0 saturated carbocycles. The summed E-state index contributed by atoms with van der Waals surface area (Å²) in [7, 11) is 1.50. The van der Waals surface area contributed by atoms with Crippen molar-refractivity contribution in [2.45, 2.75) is 12.7 Å². The first kappa shape index (κ1) is 22.6. The lowest BCUT2D eigenvalue weighted by Crippen LogP contribution is -2.26. The van der Waals surface area contributed by atoms with Crippen molar-refractivity contribution < 1.29 is 32.2 Å². The fraction of sp³-hybridized carbons (Fsp3) is 0.136. The van der Waals surface area contributed by atoms with Crippen molar-refractivity contribution in [3.8, 4) is 17.2 Å². The maximum atomic E-state index is 12.7.